The summed E-state index contributed by atoms with van der Waals surface area (Å²) in [6, 6.07) is 14.7. The number of hydrogen-bond acceptors (Lipinski definition) is 6. The Hall–Kier alpha value is -3.48. The molecule has 3 aromatic rings. The maximum absolute atomic E-state index is 12.9. The summed E-state index contributed by atoms with van der Waals surface area (Å²) in [5.41, 5.74) is 0.583. The molecule has 7 heteroatoms. The number of anilines is 2. The fourth-order valence-corrected chi connectivity index (χ4v) is 4.04. The molecule has 2 aliphatic rings. The largest absolute Gasteiger partial charge is 0.485 e. The van der Waals surface area contributed by atoms with E-state index in [1.807, 2.05) is 30.3 Å². The van der Waals surface area contributed by atoms with Crippen LogP contribution in [0, 0.1) is 0 Å². The van der Waals surface area contributed by atoms with Gasteiger partial charge in [-0.3, -0.25) is 4.79 Å². The smallest absolute Gasteiger partial charge is 0.362 e. The maximum atomic E-state index is 12.9. The molecular formula is C23H22N2O5. The van der Waals surface area contributed by atoms with Gasteiger partial charge in [-0.25, -0.2) is 4.79 Å². The monoisotopic (exact) mass is 406 g/mol. The minimum absolute atomic E-state index is 0.0626. The summed E-state index contributed by atoms with van der Waals surface area (Å²) in [5.74, 6) is 0.635. The molecule has 1 aliphatic heterocycles. The molecule has 0 radical (unpaired) electrons. The normalized spacial score (nSPS) is 18.3. The van der Waals surface area contributed by atoms with Crippen molar-refractivity contribution in [1.29, 1.82) is 0 Å². The molecule has 0 spiro atoms. The number of hydrogen-bond donors (Lipinski definition) is 2. The lowest BCUT2D eigenvalue weighted by atomic mass is 10.1. The van der Waals surface area contributed by atoms with E-state index in [1.165, 1.54) is 0 Å². The second-order valence-corrected chi connectivity index (χ2v) is 7.61. The number of rotatable bonds is 4. The van der Waals surface area contributed by atoms with Crippen molar-refractivity contribution in [3.05, 3.63) is 59.0 Å². The number of ether oxygens (including phenoxy) is 2. The van der Waals surface area contributed by atoms with Crippen molar-refractivity contribution in [2.75, 3.05) is 17.2 Å². The average molecular weight is 406 g/mol. The fraction of sp³-hybridized carbons (Fsp3) is 0.304. The van der Waals surface area contributed by atoms with Crippen LogP contribution >= 0.6 is 0 Å². The van der Waals surface area contributed by atoms with Gasteiger partial charge >= 0.3 is 5.63 Å². The van der Waals surface area contributed by atoms with Gasteiger partial charge < -0.3 is 24.5 Å². The lowest BCUT2D eigenvalue weighted by Gasteiger charge is -2.26. The first kappa shape index (κ1) is 18.5. The number of carbonyl (C=O) groups excluding carboxylic acids is 1. The third-order valence-electron chi connectivity index (χ3n) is 5.57. The molecule has 1 fully saturated rings. The predicted molar refractivity (Wildman–Crippen MR) is 113 cm³/mol. The first-order chi connectivity index (χ1) is 14.7. The van der Waals surface area contributed by atoms with Gasteiger partial charge in [0.05, 0.1) is 5.69 Å². The topological polar surface area (TPSA) is 89.8 Å². The Balaban J connectivity index is 1.47. The van der Waals surface area contributed by atoms with E-state index in [1.54, 1.807) is 18.2 Å². The van der Waals surface area contributed by atoms with Crippen LogP contribution < -0.4 is 25.7 Å². The van der Waals surface area contributed by atoms with Crippen LogP contribution in [0.1, 0.15) is 25.7 Å². The van der Waals surface area contributed by atoms with Gasteiger partial charge in [0.25, 0.3) is 5.91 Å². The standard InChI is InChI=1S/C23H22N2O5/c26-22(19-13-28-17-11-5-6-12-18(17)29-19)25-21-20(24-14-7-1-2-8-14)15-9-3-4-10-16(15)30-23(21)27/h3-6,9-12,14,19,24H,1-2,7-8,13H2,(H,25,26)/t19-/m1/s1. The van der Waals surface area contributed by atoms with Crippen LogP contribution in [0.15, 0.2) is 57.7 Å². The SMILES string of the molecule is O=C(Nc1c(NC2CCCC2)c2ccccc2oc1=O)[C@H]1COc2ccccc2O1. The van der Waals surface area contributed by atoms with Gasteiger partial charge in [-0.2, -0.15) is 0 Å². The highest BCUT2D eigenvalue weighted by molar-refractivity contribution is 6.03. The molecule has 0 unspecified atom stereocenters. The molecule has 1 atom stereocenters. The Morgan fingerprint density at radius 3 is 2.50 bits per heavy atom. The van der Waals surface area contributed by atoms with Gasteiger partial charge in [0.2, 0.25) is 6.10 Å². The molecule has 1 saturated carbocycles. The first-order valence-electron chi connectivity index (χ1n) is 10.2. The summed E-state index contributed by atoms with van der Waals surface area (Å²) < 4.78 is 16.9. The minimum atomic E-state index is -0.870. The lowest BCUT2D eigenvalue weighted by molar-refractivity contribution is -0.125. The molecule has 1 aromatic heterocycles. The van der Waals surface area contributed by atoms with Crippen molar-refractivity contribution in [1.82, 2.24) is 0 Å². The molecule has 0 saturated heterocycles. The molecule has 0 bridgehead atoms. The minimum Gasteiger partial charge on any atom is -0.485 e. The zero-order valence-corrected chi connectivity index (χ0v) is 16.4. The van der Waals surface area contributed by atoms with E-state index in [4.69, 9.17) is 13.9 Å². The zero-order valence-electron chi connectivity index (χ0n) is 16.4. The summed E-state index contributed by atoms with van der Waals surface area (Å²) >= 11 is 0. The van der Waals surface area contributed by atoms with E-state index in [0.29, 0.717) is 22.8 Å². The van der Waals surface area contributed by atoms with Crippen molar-refractivity contribution in [2.24, 2.45) is 0 Å². The highest BCUT2D eigenvalue weighted by Crippen LogP contribution is 2.34. The van der Waals surface area contributed by atoms with E-state index in [9.17, 15) is 9.59 Å². The quantitative estimate of drug-likeness (QED) is 0.638. The Bertz CT molecular complexity index is 1150. The molecule has 2 N–H and O–H groups in total. The molecule has 2 aromatic carbocycles. The Morgan fingerprint density at radius 1 is 0.933 bits per heavy atom. The number of nitrogens with one attached hydrogen (secondary N) is 2. The summed E-state index contributed by atoms with van der Waals surface area (Å²) in [6.07, 6.45) is 3.47. The van der Waals surface area contributed by atoms with E-state index >= 15 is 0 Å². The third kappa shape index (κ3) is 3.47. The zero-order chi connectivity index (χ0) is 20.5. The average Bonchev–Trinajstić information content (AvgIpc) is 3.29. The molecular weight excluding hydrogens is 384 g/mol. The molecule has 2 heterocycles. The van der Waals surface area contributed by atoms with E-state index in [-0.39, 0.29) is 18.3 Å². The lowest BCUT2D eigenvalue weighted by Crippen LogP contribution is -2.41. The predicted octanol–water partition coefficient (Wildman–Crippen LogP) is 3.93. The van der Waals surface area contributed by atoms with Crippen LogP contribution in [0.25, 0.3) is 11.0 Å². The molecule has 154 valence electrons. The summed E-state index contributed by atoms with van der Waals surface area (Å²) in [6.45, 7) is 0.0626. The summed E-state index contributed by atoms with van der Waals surface area (Å²) in [7, 11) is 0. The van der Waals surface area contributed by atoms with Gasteiger partial charge in [-0.05, 0) is 37.1 Å². The van der Waals surface area contributed by atoms with Crippen molar-refractivity contribution < 1.29 is 18.7 Å². The van der Waals surface area contributed by atoms with Crippen LogP contribution in [-0.4, -0.2) is 24.7 Å². The fourth-order valence-electron chi connectivity index (χ4n) is 4.04. The van der Waals surface area contributed by atoms with Gasteiger partial charge in [-0.15, -0.1) is 0 Å². The third-order valence-corrected chi connectivity index (χ3v) is 5.57. The molecule has 1 aliphatic carbocycles. The highest BCUT2D eigenvalue weighted by atomic mass is 16.6. The van der Waals surface area contributed by atoms with Gasteiger partial charge in [-0.1, -0.05) is 37.1 Å². The summed E-state index contributed by atoms with van der Waals surface area (Å²) in [5, 5.41) is 6.96. The van der Waals surface area contributed by atoms with Crippen molar-refractivity contribution in [3.8, 4) is 11.5 Å². The Morgan fingerprint density at radius 2 is 1.67 bits per heavy atom. The number of carbonyl (C=O) groups is 1. The van der Waals surface area contributed by atoms with E-state index in [2.05, 4.69) is 10.6 Å². The molecule has 30 heavy (non-hydrogen) atoms. The second kappa shape index (κ2) is 7.74. The second-order valence-electron chi connectivity index (χ2n) is 7.61. The van der Waals surface area contributed by atoms with Crippen LogP contribution in [-0.2, 0) is 4.79 Å². The van der Waals surface area contributed by atoms with Crippen LogP contribution in [0.4, 0.5) is 11.4 Å². The van der Waals surface area contributed by atoms with Gasteiger partial charge in [0, 0.05) is 11.4 Å². The number of fused-ring (bicyclic) bond motifs is 2. The van der Waals surface area contributed by atoms with Crippen molar-refractivity contribution >= 4 is 28.3 Å². The van der Waals surface area contributed by atoms with Crippen LogP contribution in [0.5, 0.6) is 11.5 Å². The van der Waals surface area contributed by atoms with E-state index < -0.39 is 17.6 Å². The number of benzene rings is 2. The molecule has 7 nitrogen and oxygen atoms in total. The van der Waals surface area contributed by atoms with Crippen LogP contribution in [0.2, 0.25) is 0 Å². The number of para-hydroxylation sites is 3. The van der Waals surface area contributed by atoms with Gasteiger partial charge in [0.15, 0.2) is 17.2 Å². The first-order valence-corrected chi connectivity index (χ1v) is 10.2. The molecule has 1 amide bonds. The molecule has 5 rings (SSSR count). The van der Waals surface area contributed by atoms with Crippen molar-refractivity contribution in [3.63, 3.8) is 0 Å². The van der Waals surface area contributed by atoms with Gasteiger partial charge in [0.1, 0.15) is 12.2 Å². The number of amides is 1. The Kier molecular flexibility index (Phi) is 4.78. The van der Waals surface area contributed by atoms with E-state index in [0.717, 1.165) is 31.1 Å². The maximum Gasteiger partial charge on any atom is 0.362 e. The Labute approximate surface area is 173 Å². The highest BCUT2D eigenvalue weighted by Gasteiger charge is 2.29. The summed E-state index contributed by atoms with van der Waals surface area (Å²) in [4.78, 5) is 25.7. The van der Waals surface area contributed by atoms with Crippen molar-refractivity contribution in [2.45, 2.75) is 37.8 Å². The van der Waals surface area contributed by atoms with Crippen LogP contribution in [0.3, 0.4) is 0 Å².